The van der Waals surface area contributed by atoms with Gasteiger partial charge in [0.05, 0.1) is 6.42 Å². The van der Waals surface area contributed by atoms with Gasteiger partial charge in [-0.2, -0.15) is 0 Å². The van der Waals surface area contributed by atoms with Crippen LogP contribution in [0, 0.1) is 0 Å². The molecule has 100 valence electrons. The van der Waals surface area contributed by atoms with Crippen molar-refractivity contribution < 1.29 is 29.3 Å². The van der Waals surface area contributed by atoms with Gasteiger partial charge in [-0.05, 0) is 11.6 Å². The van der Waals surface area contributed by atoms with Gasteiger partial charge in [-0.15, -0.1) is 0 Å². The Hall–Kier alpha value is -2.47. The number of hydrogen-bond acceptors (Lipinski definition) is 5. The molecule has 0 spiro atoms. The van der Waals surface area contributed by atoms with Crippen molar-refractivity contribution in [2.45, 2.75) is 12.5 Å². The molecular formula is C13H12O6. The van der Waals surface area contributed by atoms with E-state index in [4.69, 9.17) is 10.2 Å². The summed E-state index contributed by atoms with van der Waals surface area (Å²) in [4.78, 5) is 32.6. The summed E-state index contributed by atoms with van der Waals surface area (Å²) in [5, 5.41) is 17.4. The monoisotopic (exact) mass is 264 g/mol. The van der Waals surface area contributed by atoms with Crippen LogP contribution in [-0.2, 0) is 19.1 Å². The lowest BCUT2D eigenvalue weighted by atomic mass is 10.2. The van der Waals surface area contributed by atoms with Gasteiger partial charge in [0.15, 0.2) is 6.10 Å². The molecule has 19 heavy (non-hydrogen) atoms. The maximum absolute atomic E-state index is 11.2. The molecule has 1 atom stereocenters. The smallest absolute Gasteiger partial charge is 0.343 e. The molecular weight excluding hydrogens is 252 g/mol. The first-order valence-corrected chi connectivity index (χ1v) is 5.37. The van der Waals surface area contributed by atoms with E-state index < -0.39 is 30.4 Å². The summed E-state index contributed by atoms with van der Waals surface area (Å²) in [7, 11) is 0. The van der Waals surface area contributed by atoms with E-state index in [-0.39, 0.29) is 0 Å². The maximum atomic E-state index is 11.2. The number of hydrogen-bond donors (Lipinski definition) is 2. The zero-order chi connectivity index (χ0) is 14.3. The fourth-order valence-corrected chi connectivity index (χ4v) is 1.18. The van der Waals surface area contributed by atoms with E-state index in [9.17, 15) is 14.4 Å². The molecule has 2 N–H and O–H groups in total. The van der Waals surface area contributed by atoms with Crippen molar-refractivity contribution in [2.24, 2.45) is 0 Å². The summed E-state index contributed by atoms with van der Waals surface area (Å²) < 4.78 is 4.26. The van der Waals surface area contributed by atoms with Crippen LogP contribution in [-0.4, -0.2) is 34.2 Å². The normalized spacial score (nSPS) is 12.1. The van der Waals surface area contributed by atoms with Gasteiger partial charge in [0.25, 0.3) is 0 Å². The van der Waals surface area contributed by atoms with Crippen LogP contribution < -0.4 is 0 Å². The van der Waals surface area contributed by atoms with Gasteiger partial charge in [0.2, 0.25) is 0 Å². The standard InChI is InChI=1S/C13H12O6/c14-10(8-11(15)16)13(18)19-12(17)7-6-9-4-2-1-3-5-9/h1-7,10,14H,8H2,(H,15,16). The number of rotatable bonds is 5. The Balaban J connectivity index is 2.49. The largest absolute Gasteiger partial charge is 0.481 e. The maximum Gasteiger partial charge on any atom is 0.343 e. The average Bonchev–Trinajstić information content (AvgIpc) is 2.36. The third-order valence-corrected chi connectivity index (χ3v) is 2.05. The molecule has 0 saturated heterocycles. The highest BCUT2D eigenvalue weighted by atomic mass is 16.6. The Morgan fingerprint density at radius 3 is 2.42 bits per heavy atom. The SMILES string of the molecule is O=C(O)CC(O)C(=O)OC(=O)C=Cc1ccccc1. The van der Waals surface area contributed by atoms with Crippen molar-refractivity contribution >= 4 is 24.0 Å². The molecule has 6 heteroatoms. The fraction of sp³-hybridized carbons (Fsp3) is 0.154. The molecule has 0 bridgehead atoms. The summed E-state index contributed by atoms with van der Waals surface area (Å²) in [6, 6.07) is 8.83. The minimum absolute atomic E-state index is 0.734. The van der Waals surface area contributed by atoms with Gasteiger partial charge >= 0.3 is 17.9 Å². The van der Waals surface area contributed by atoms with Gasteiger partial charge in [-0.25, -0.2) is 9.59 Å². The molecule has 1 aromatic rings. The minimum atomic E-state index is -1.86. The van der Waals surface area contributed by atoms with Crippen LogP contribution in [0.5, 0.6) is 0 Å². The van der Waals surface area contributed by atoms with E-state index in [0.29, 0.717) is 0 Å². The Kier molecular flexibility index (Phi) is 5.43. The van der Waals surface area contributed by atoms with E-state index >= 15 is 0 Å². The number of carbonyl (C=O) groups is 3. The van der Waals surface area contributed by atoms with E-state index in [1.165, 1.54) is 6.08 Å². The number of aliphatic carboxylic acids is 1. The highest BCUT2D eigenvalue weighted by Gasteiger charge is 2.21. The lowest BCUT2D eigenvalue weighted by Crippen LogP contribution is -2.27. The van der Waals surface area contributed by atoms with Crippen molar-refractivity contribution in [3.63, 3.8) is 0 Å². The number of ether oxygens (including phenoxy) is 1. The van der Waals surface area contributed by atoms with Crippen LogP contribution in [0.15, 0.2) is 36.4 Å². The molecule has 0 radical (unpaired) electrons. The number of carboxylic acid groups (broad SMARTS) is 1. The van der Waals surface area contributed by atoms with Crippen molar-refractivity contribution in [3.8, 4) is 0 Å². The molecule has 1 rings (SSSR count). The fourth-order valence-electron chi connectivity index (χ4n) is 1.18. The van der Waals surface area contributed by atoms with Crippen LogP contribution in [0.2, 0.25) is 0 Å². The molecule has 0 aromatic heterocycles. The lowest BCUT2D eigenvalue weighted by Gasteiger charge is -2.05. The average molecular weight is 264 g/mol. The van der Waals surface area contributed by atoms with Crippen molar-refractivity contribution in [1.29, 1.82) is 0 Å². The van der Waals surface area contributed by atoms with Gasteiger partial charge in [-0.3, -0.25) is 4.79 Å². The third-order valence-electron chi connectivity index (χ3n) is 2.05. The summed E-state index contributed by atoms with van der Waals surface area (Å²) in [5.74, 6) is -3.62. The summed E-state index contributed by atoms with van der Waals surface area (Å²) in [6.45, 7) is 0. The van der Waals surface area contributed by atoms with Gasteiger partial charge in [0.1, 0.15) is 0 Å². The molecule has 0 saturated carbocycles. The van der Waals surface area contributed by atoms with Crippen LogP contribution in [0.25, 0.3) is 6.08 Å². The molecule has 1 aromatic carbocycles. The second kappa shape index (κ2) is 7.07. The van der Waals surface area contributed by atoms with Crippen molar-refractivity contribution in [2.75, 3.05) is 0 Å². The first-order chi connectivity index (χ1) is 8.99. The molecule has 0 aliphatic rings. The van der Waals surface area contributed by atoms with Gasteiger partial charge in [-0.1, -0.05) is 30.3 Å². The van der Waals surface area contributed by atoms with E-state index in [1.807, 2.05) is 0 Å². The Labute approximate surface area is 108 Å². The molecule has 0 heterocycles. The third kappa shape index (κ3) is 5.60. The number of carbonyl (C=O) groups excluding carboxylic acids is 2. The number of esters is 2. The van der Waals surface area contributed by atoms with Crippen LogP contribution >= 0.6 is 0 Å². The first-order valence-electron chi connectivity index (χ1n) is 5.37. The zero-order valence-corrected chi connectivity index (χ0v) is 9.85. The molecule has 0 aliphatic carbocycles. The van der Waals surface area contributed by atoms with E-state index in [1.54, 1.807) is 30.3 Å². The minimum Gasteiger partial charge on any atom is -0.481 e. The number of aliphatic hydroxyl groups is 1. The second-order valence-electron chi connectivity index (χ2n) is 3.60. The van der Waals surface area contributed by atoms with Crippen LogP contribution in [0.1, 0.15) is 12.0 Å². The summed E-state index contributed by atoms with van der Waals surface area (Å²) in [5.41, 5.74) is 0.734. The molecule has 0 amide bonds. The van der Waals surface area contributed by atoms with E-state index in [0.717, 1.165) is 11.6 Å². The zero-order valence-electron chi connectivity index (χ0n) is 9.85. The predicted octanol–water partition coefficient (Wildman–Crippen LogP) is 0.605. The Morgan fingerprint density at radius 1 is 1.21 bits per heavy atom. The summed E-state index contributed by atoms with van der Waals surface area (Å²) >= 11 is 0. The predicted molar refractivity (Wildman–Crippen MR) is 64.8 cm³/mol. The number of carboxylic acids is 1. The van der Waals surface area contributed by atoms with E-state index in [2.05, 4.69) is 4.74 Å². The van der Waals surface area contributed by atoms with Crippen molar-refractivity contribution in [1.82, 2.24) is 0 Å². The number of benzene rings is 1. The molecule has 1 unspecified atom stereocenters. The number of aliphatic hydroxyl groups excluding tert-OH is 1. The highest BCUT2D eigenvalue weighted by Crippen LogP contribution is 2.02. The summed E-state index contributed by atoms with van der Waals surface area (Å²) in [6.07, 6.45) is -0.222. The Morgan fingerprint density at radius 2 is 1.84 bits per heavy atom. The van der Waals surface area contributed by atoms with Crippen molar-refractivity contribution in [3.05, 3.63) is 42.0 Å². The molecule has 0 fully saturated rings. The first kappa shape index (κ1) is 14.6. The van der Waals surface area contributed by atoms with Crippen LogP contribution in [0.3, 0.4) is 0 Å². The van der Waals surface area contributed by atoms with Gasteiger partial charge in [0, 0.05) is 6.08 Å². The molecule has 0 aliphatic heterocycles. The topological polar surface area (TPSA) is 101 Å². The highest BCUT2D eigenvalue weighted by molar-refractivity contribution is 5.96. The Bertz CT molecular complexity index is 491. The van der Waals surface area contributed by atoms with Gasteiger partial charge < -0.3 is 14.9 Å². The lowest BCUT2D eigenvalue weighted by molar-refractivity contribution is -0.165. The quantitative estimate of drug-likeness (QED) is 0.459. The second-order valence-corrected chi connectivity index (χ2v) is 3.60. The molecule has 6 nitrogen and oxygen atoms in total. The van der Waals surface area contributed by atoms with Crippen LogP contribution in [0.4, 0.5) is 0 Å².